The van der Waals surface area contributed by atoms with E-state index in [0.717, 1.165) is 5.56 Å². The van der Waals surface area contributed by atoms with Crippen LogP contribution >= 0.6 is 0 Å². The van der Waals surface area contributed by atoms with Crippen LogP contribution in [0.25, 0.3) is 0 Å². The topological polar surface area (TPSA) is 78.4 Å². The Morgan fingerprint density at radius 1 is 1.14 bits per heavy atom. The molecule has 3 N–H and O–H groups in total. The molecule has 0 aliphatic carbocycles. The summed E-state index contributed by atoms with van der Waals surface area (Å²) in [6.07, 6.45) is -0.438. The summed E-state index contributed by atoms with van der Waals surface area (Å²) in [5.41, 5.74) is 1.10. The first kappa shape index (κ1) is 18.1. The van der Waals surface area contributed by atoms with Gasteiger partial charge in [-0.2, -0.15) is 0 Å². The van der Waals surface area contributed by atoms with Gasteiger partial charge in [-0.05, 0) is 30.0 Å². The Kier molecular flexibility index (Phi) is 6.34. The molecule has 0 bridgehead atoms. The monoisotopic (exact) mass is 314 g/mol. The van der Waals surface area contributed by atoms with Crippen molar-refractivity contribution in [3.8, 4) is 0 Å². The fraction of sp³-hybridized carbons (Fsp3) is 0.600. The van der Waals surface area contributed by atoms with Gasteiger partial charge in [0.2, 0.25) is 10.0 Å². The lowest BCUT2D eigenvalue weighted by Crippen LogP contribution is -2.34. The summed E-state index contributed by atoms with van der Waals surface area (Å²) in [6.45, 7) is 9.14. The molecule has 0 heterocycles. The minimum Gasteiger partial charge on any atom is -0.392 e. The molecule has 0 fully saturated rings. The van der Waals surface area contributed by atoms with E-state index < -0.39 is 16.1 Å². The normalized spacial score (nSPS) is 14.1. The second kappa shape index (κ2) is 7.35. The van der Waals surface area contributed by atoms with Gasteiger partial charge in [-0.1, -0.05) is 32.9 Å². The van der Waals surface area contributed by atoms with E-state index in [9.17, 15) is 8.42 Å². The molecule has 1 aromatic carbocycles. The molecule has 1 rings (SSSR count). The smallest absolute Gasteiger partial charge is 0.240 e. The molecular weight excluding hydrogens is 288 g/mol. The number of rotatable bonds is 7. The maximum absolute atomic E-state index is 12.1. The van der Waals surface area contributed by atoms with Crippen molar-refractivity contribution < 1.29 is 13.5 Å². The maximum Gasteiger partial charge on any atom is 0.240 e. The minimum absolute atomic E-state index is 0.000623. The number of benzene rings is 1. The third-order valence-electron chi connectivity index (χ3n) is 3.06. The number of hydrogen-bond acceptors (Lipinski definition) is 4. The van der Waals surface area contributed by atoms with Crippen molar-refractivity contribution in [3.05, 3.63) is 29.8 Å². The van der Waals surface area contributed by atoms with Gasteiger partial charge in [0.05, 0.1) is 11.0 Å². The largest absolute Gasteiger partial charge is 0.392 e. The second-order valence-corrected chi connectivity index (χ2v) is 7.99. The average molecular weight is 314 g/mol. The Hall–Kier alpha value is -0.950. The summed E-state index contributed by atoms with van der Waals surface area (Å²) in [7, 11) is -3.48. The number of aliphatic hydroxyl groups is 1. The maximum atomic E-state index is 12.1. The highest BCUT2D eigenvalue weighted by atomic mass is 32.2. The third-order valence-corrected chi connectivity index (χ3v) is 4.54. The number of aliphatic hydroxyl groups excluding tert-OH is 1. The third kappa shape index (κ3) is 6.13. The van der Waals surface area contributed by atoms with Crippen LogP contribution in [0.5, 0.6) is 0 Å². The predicted molar refractivity (Wildman–Crippen MR) is 84.9 cm³/mol. The van der Waals surface area contributed by atoms with E-state index in [-0.39, 0.29) is 16.9 Å². The lowest BCUT2D eigenvalue weighted by molar-refractivity contribution is 0.192. The van der Waals surface area contributed by atoms with Crippen LogP contribution < -0.4 is 10.0 Å². The van der Waals surface area contributed by atoms with Crippen molar-refractivity contribution in [1.29, 1.82) is 0 Å². The first-order chi connectivity index (χ1) is 9.63. The zero-order valence-corrected chi connectivity index (χ0v) is 14.0. The Morgan fingerprint density at radius 2 is 1.71 bits per heavy atom. The number of hydrogen-bond donors (Lipinski definition) is 3. The summed E-state index contributed by atoms with van der Waals surface area (Å²) in [5, 5.41) is 12.0. The van der Waals surface area contributed by atoms with Gasteiger partial charge in [-0.3, -0.25) is 0 Å². The zero-order valence-electron chi connectivity index (χ0n) is 13.2. The van der Waals surface area contributed by atoms with Gasteiger partial charge in [0.1, 0.15) is 0 Å². The first-order valence-electron chi connectivity index (χ1n) is 7.12. The van der Waals surface area contributed by atoms with Crippen molar-refractivity contribution in [2.45, 2.75) is 44.1 Å². The van der Waals surface area contributed by atoms with E-state index in [4.69, 9.17) is 5.11 Å². The lowest BCUT2D eigenvalue weighted by atomic mass is 9.87. The molecule has 0 amide bonds. The summed E-state index contributed by atoms with van der Waals surface area (Å²) in [5.74, 6) is 0. The predicted octanol–water partition coefficient (Wildman–Crippen LogP) is 1.23. The number of sulfonamides is 1. The van der Waals surface area contributed by atoms with Gasteiger partial charge in [0.15, 0.2) is 0 Å². The second-order valence-electron chi connectivity index (χ2n) is 6.23. The van der Waals surface area contributed by atoms with E-state index in [1.54, 1.807) is 19.1 Å². The molecule has 120 valence electrons. The first-order valence-corrected chi connectivity index (χ1v) is 8.60. The van der Waals surface area contributed by atoms with Crippen LogP contribution in [0.3, 0.4) is 0 Å². The van der Waals surface area contributed by atoms with Crippen LogP contribution in [-0.4, -0.2) is 39.3 Å². The number of nitrogens with one attached hydrogen (secondary N) is 2. The summed E-state index contributed by atoms with van der Waals surface area (Å²) < 4.78 is 26.7. The van der Waals surface area contributed by atoms with Gasteiger partial charge in [0, 0.05) is 19.6 Å². The molecular formula is C15H26N2O3S. The van der Waals surface area contributed by atoms with Gasteiger partial charge in [-0.25, -0.2) is 13.1 Å². The van der Waals surface area contributed by atoms with Gasteiger partial charge in [0.25, 0.3) is 0 Å². The fourth-order valence-electron chi connectivity index (χ4n) is 1.80. The highest BCUT2D eigenvalue weighted by Gasteiger charge is 2.17. The van der Waals surface area contributed by atoms with Crippen LogP contribution in [-0.2, 0) is 15.4 Å². The highest BCUT2D eigenvalue weighted by Crippen LogP contribution is 2.23. The van der Waals surface area contributed by atoms with Crippen molar-refractivity contribution in [3.63, 3.8) is 0 Å². The fourth-order valence-corrected chi connectivity index (χ4v) is 2.83. The Labute approximate surface area is 127 Å². The SMILES string of the molecule is CC(O)CNCCNS(=O)(=O)c1ccc(C(C)(C)C)cc1. The van der Waals surface area contributed by atoms with E-state index in [0.29, 0.717) is 13.1 Å². The molecule has 0 saturated carbocycles. The summed E-state index contributed by atoms with van der Waals surface area (Å²) in [4.78, 5) is 0.269. The summed E-state index contributed by atoms with van der Waals surface area (Å²) in [6, 6.07) is 6.96. The van der Waals surface area contributed by atoms with Gasteiger partial charge in [-0.15, -0.1) is 0 Å². The van der Waals surface area contributed by atoms with E-state index in [1.807, 2.05) is 12.1 Å². The van der Waals surface area contributed by atoms with Crippen LogP contribution in [0, 0.1) is 0 Å². The van der Waals surface area contributed by atoms with Crippen LogP contribution in [0.15, 0.2) is 29.2 Å². The average Bonchev–Trinajstić information content (AvgIpc) is 2.37. The van der Waals surface area contributed by atoms with Crippen molar-refractivity contribution in [1.82, 2.24) is 10.0 Å². The highest BCUT2D eigenvalue weighted by molar-refractivity contribution is 7.89. The van der Waals surface area contributed by atoms with E-state index in [2.05, 4.69) is 30.8 Å². The van der Waals surface area contributed by atoms with Gasteiger partial charge < -0.3 is 10.4 Å². The molecule has 21 heavy (non-hydrogen) atoms. The molecule has 1 unspecified atom stereocenters. The Bertz CT molecular complexity index is 531. The molecule has 0 radical (unpaired) electrons. The molecule has 0 spiro atoms. The van der Waals surface area contributed by atoms with E-state index >= 15 is 0 Å². The standard InChI is InChI=1S/C15H26N2O3S/c1-12(18)11-16-9-10-17-21(19,20)14-7-5-13(6-8-14)15(2,3)4/h5-8,12,16-18H,9-11H2,1-4H3. The molecule has 0 saturated heterocycles. The molecule has 0 aliphatic heterocycles. The Balaban J connectivity index is 2.58. The molecule has 0 aromatic heterocycles. The van der Waals surface area contributed by atoms with Crippen molar-refractivity contribution in [2.75, 3.05) is 19.6 Å². The quantitative estimate of drug-likeness (QED) is 0.662. The molecule has 0 aliphatic rings. The lowest BCUT2D eigenvalue weighted by Gasteiger charge is -2.19. The van der Waals surface area contributed by atoms with Crippen molar-refractivity contribution in [2.24, 2.45) is 0 Å². The van der Waals surface area contributed by atoms with Crippen LogP contribution in [0.1, 0.15) is 33.3 Å². The van der Waals surface area contributed by atoms with Crippen molar-refractivity contribution >= 4 is 10.0 Å². The molecule has 6 heteroatoms. The Morgan fingerprint density at radius 3 is 2.19 bits per heavy atom. The molecule has 5 nitrogen and oxygen atoms in total. The zero-order chi connectivity index (χ0) is 16.1. The van der Waals surface area contributed by atoms with Crippen LogP contribution in [0.2, 0.25) is 0 Å². The van der Waals surface area contributed by atoms with E-state index in [1.165, 1.54) is 0 Å². The molecule has 1 atom stereocenters. The van der Waals surface area contributed by atoms with Gasteiger partial charge >= 0.3 is 0 Å². The minimum atomic E-state index is -3.48. The van der Waals surface area contributed by atoms with Crippen LogP contribution in [0.4, 0.5) is 0 Å². The molecule has 1 aromatic rings. The summed E-state index contributed by atoms with van der Waals surface area (Å²) >= 11 is 0.